The lowest BCUT2D eigenvalue weighted by Crippen LogP contribution is -2.18. The number of benzene rings is 1. The zero-order valence-corrected chi connectivity index (χ0v) is 11.4. The van der Waals surface area contributed by atoms with Gasteiger partial charge in [-0.05, 0) is 37.1 Å². The van der Waals surface area contributed by atoms with Crippen LogP contribution in [0.2, 0.25) is 0 Å². The first kappa shape index (κ1) is 14.0. The Morgan fingerprint density at radius 2 is 2.10 bits per heavy atom. The molecular weight excluding hydrogens is 277 g/mol. The van der Waals surface area contributed by atoms with E-state index in [0.717, 1.165) is 12.8 Å². The molecule has 0 saturated carbocycles. The molecule has 21 heavy (non-hydrogen) atoms. The molecule has 1 aromatic heterocycles. The minimum Gasteiger partial charge on any atom is -0.485 e. The quantitative estimate of drug-likeness (QED) is 0.907. The predicted octanol–water partition coefficient (Wildman–Crippen LogP) is 1.97. The number of rotatable bonds is 5. The summed E-state index contributed by atoms with van der Waals surface area (Å²) in [7, 11) is 0. The molecule has 0 amide bonds. The second kappa shape index (κ2) is 6.19. The van der Waals surface area contributed by atoms with Crippen LogP contribution in [0, 0.1) is 5.82 Å². The summed E-state index contributed by atoms with van der Waals surface area (Å²) in [6.45, 7) is 0.646. The number of aromatic nitrogens is 2. The van der Waals surface area contributed by atoms with Crippen LogP contribution in [0.3, 0.4) is 0 Å². The van der Waals surface area contributed by atoms with Crippen LogP contribution in [0.25, 0.3) is 0 Å². The number of nitrogens with zero attached hydrogens (tertiary/aromatic N) is 2. The second-order valence-corrected chi connectivity index (χ2v) is 4.85. The molecule has 0 bridgehead atoms. The largest absolute Gasteiger partial charge is 0.485 e. The Kier molecular flexibility index (Phi) is 4.12. The summed E-state index contributed by atoms with van der Waals surface area (Å²) < 4.78 is 29.1. The zero-order chi connectivity index (χ0) is 14.7. The maximum absolute atomic E-state index is 12.8. The minimum absolute atomic E-state index is 0.0563. The predicted molar refractivity (Wildman–Crippen MR) is 70.9 cm³/mol. The Balaban J connectivity index is 1.57. The van der Waals surface area contributed by atoms with Crippen LogP contribution in [0.5, 0.6) is 5.75 Å². The molecule has 2 N–H and O–H groups in total. The van der Waals surface area contributed by atoms with E-state index in [1.54, 1.807) is 12.1 Å². The van der Waals surface area contributed by atoms with E-state index in [2.05, 4.69) is 10.1 Å². The fourth-order valence-corrected chi connectivity index (χ4v) is 2.20. The van der Waals surface area contributed by atoms with Crippen molar-refractivity contribution in [3.8, 4) is 5.75 Å². The SMILES string of the molecule is NCC1CCC(c2nc(COc3ccc(F)cc3)no2)O1. The van der Waals surface area contributed by atoms with Crippen molar-refractivity contribution in [3.63, 3.8) is 0 Å². The summed E-state index contributed by atoms with van der Waals surface area (Å²) in [4.78, 5) is 4.25. The molecule has 3 rings (SSSR count). The third-order valence-electron chi connectivity index (χ3n) is 3.31. The van der Waals surface area contributed by atoms with Gasteiger partial charge in [0.25, 0.3) is 5.89 Å². The van der Waals surface area contributed by atoms with Gasteiger partial charge in [0.2, 0.25) is 5.82 Å². The van der Waals surface area contributed by atoms with Gasteiger partial charge in [-0.15, -0.1) is 0 Å². The highest BCUT2D eigenvalue weighted by molar-refractivity contribution is 5.22. The monoisotopic (exact) mass is 293 g/mol. The number of ether oxygens (including phenoxy) is 2. The first-order valence-electron chi connectivity index (χ1n) is 6.81. The summed E-state index contributed by atoms with van der Waals surface area (Å²) in [5, 5.41) is 3.85. The summed E-state index contributed by atoms with van der Waals surface area (Å²) in [6, 6.07) is 5.75. The average Bonchev–Trinajstić information content (AvgIpc) is 3.15. The Bertz CT molecular complexity index is 587. The van der Waals surface area contributed by atoms with Gasteiger partial charge in [-0.2, -0.15) is 4.98 Å². The van der Waals surface area contributed by atoms with Gasteiger partial charge in [-0.3, -0.25) is 0 Å². The lowest BCUT2D eigenvalue weighted by Gasteiger charge is -2.07. The van der Waals surface area contributed by atoms with E-state index in [4.69, 9.17) is 19.7 Å². The lowest BCUT2D eigenvalue weighted by molar-refractivity contribution is 0.0307. The van der Waals surface area contributed by atoms with Gasteiger partial charge in [-0.25, -0.2) is 4.39 Å². The Labute approximate surface area is 121 Å². The third kappa shape index (κ3) is 3.37. The van der Waals surface area contributed by atoms with Gasteiger partial charge in [0.1, 0.15) is 17.7 Å². The molecule has 2 aromatic rings. The van der Waals surface area contributed by atoms with Crippen LogP contribution >= 0.6 is 0 Å². The van der Waals surface area contributed by atoms with Crippen molar-refractivity contribution in [3.05, 3.63) is 41.8 Å². The molecule has 2 unspecified atom stereocenters. The van der Waals surface area contributed by atoms with Gasteiger partial charge in [0.15, 0.2) is 6.61 Å². The Morgan fingerprint density at radius 3 is 2.81 bits per heavy atom. The van der Waals surface area contributed by atoms with Crippen LogP contribution in [-0.4, -0.2) is 22.8 Å². The van der Waals surface area contributed by atoms with Gasteiger partial charge in [0.05, 0.1) is 6.10 Å². The molecule has 1 aromatic carbocycles. The van der Waals surface area contributed by atoms with Gasteiger partial charge < -0.3 is 19.7 Å². The van der Waals surface area contributed by atoms with Crippen molar-refractivity contribution in [1.82, 2.24) is 10.1 Å². The maximum Gasteiger partial charge on any atom is 0.255 e. The van der Waals surface area contributed by atoms with Gasteiger partial charge in [0, 0.05) is 6.54 Å². The van der Waals surface area contributed by atoms with Gasteiger partial charge in [-0.1, -0.05) is 5.16 Å². The Morgan fingerprint density at radius 1 is 1.29 bits per heavy atom. The molecule has 1 fully saturated rings. The topological polar surface area (TPSA) is 83.4 Å². The maximum atomic E-state index is 12.8. The third-order valence-corrected chi connectivity index (χ3v) is 3.31. The van der Waals surface area contributed by atoms with Crippen molar-refractivity contribution in [2.24, 2.45) is 5.73 Å². The molecule has 0 spiro atoms. The highest BCUT2D eigenvalue weighted by Gasteiger charge is 2.29. The van der Waals surface area contributed by atoms with Crippen molar-refractivity contribution in [1.29, 1.82) is 0 Å². The average molecular weight is 293 g/mol. The number of halogens is 1. The molecule has 0 aliphatic carbocycles. The van der Waals surface area contributed by atoms with E-state index < -0.39 is 0 Å². The fourth-order valence-electron chi connectivity index (χ4n) is 2.20. The summed E-state index contributed by atoms with van der Waals surface area (Å²) in [6.07, 6.45) is 1.58. The molecule has 2 atom stereocenters. The van der Waals surface area contributed by atoms with E-state index in [-0.39, 0.29) is 24.6 Å². The summed E-state index contributed by atoms with van der Waals surface area (Å²) in [5.41, 5.74) is 5.56. The van der Waals surface area contributed by atoms with E-state index in [1.807, 2.05) is 0 Å². The second-order valence-electron chi connectivity index (χ2n) is 4.85. The van der Waals surface area contributed by atoms with Crippen LogP contribution in [0.1, 0.15) is 30.7 Å². The molecular formula is C14H16FN3O3. The molecule has 2 heterocycles. The molecule has 112 valence electrons. The van der Waals surface area contributed by atoms with Crippen molar-refractivity contribution < 1.29 is 18.4 Å². The standard InChI is InChI=1S/C14H16FN3O3/c15-9-1-3-10(4-2-9)19-8-13-17-14(21-18-13)12-6-5-11(7-16)20-12/h1-4,11-12H,5-8,16H2. The van der Waals surface area contributed by atoms with Crippen molar-refractivity contribution >= 4 is 0 Å². The van der Waals surface area contributed by atoms with Crippen LogP contribution in [-0.2, 0) is 11.3 Å². The molecule has 1 saturated heterocycles. The zero-order valence-electron chi connectivity index (χ0n) is 11.4. The first-order chi connectivity index (χ1) is 10.2. The number of hydrogen-bond acceptors (Lipinski definition) is 6. The van der Waals surface area contributed by atoms with Crippen LogP contribution in [0.15, 0.2) is 28.8 Å². The minimum atomic E-state index is -0.308. The van der Waals surface area contributed by atoms with Gasteiger partial charge >= 0.3 is 0 Å². The van der Waals surface area contributed by atoms with E-state index in [0.29, 0.717) is 24.0 Å². The summed E-state index contributed by atoms with van der Waals surface area (Å²) >= 11 is 0. The molecule has 1 aliphatic rings. The smallest absolute Gasteiger partial charge is 0.255 e. The van der Waals surface area contributed by atoms with Crippen LogP contribution < -0.4 is 10.5 Å². The highest BCUT2D eigenvalue weighted by atomic mass is 19.1. The Hall–Kier alpha value is -1.99. The lowest BCUT2D eigenvalue weighted by atomic mass is 10.2. The number of hydrogen-bond donors (Lipinski definition) is 1. The van der Waals surface area contributed by atoms with E-state index in [1.165, 1.54) is 12.1 Å². The first-order valence-corrected chi connectivity index (χ1v) is 6.81. The van der Waals surface area contributed by atoms with Crippen molar-refractivity contribution in [2.45, 2.75) is 31.7 Å². The highest BCUT2D eigenvalue weighted by Crippen LogP contribution is 2.31. The molecule has 6 nitrogen and oxygen atoms in total. The molecule has 1 aliphatic heterocycles. The van der Waals surface area contributed by atoms with E-state index >= 15 is 0 Å². The fraction of sp³-hybridized carbons (Fsp3) is 0.429. The molecule has 0 radical (unpaired) electrons. The van der Waals surface area contributed by atoms with Crippen LogP contribution in [0.4, 0.5) is 4.39 Å². The van der Waals surface area contributed by atoms with E-state index in [9.17, 15) is 4.39 Å². The van der Waals surface area contributed by atoms with Crippen molar-refractivity contribution in [2.75, 3.05) is 6.54 Å². The number of nitrogens with two attached hydrogens (primary N) is 1. The molecule has 7 heteroatoms. The summed E-state index contributed by atoms with van der Waals surface area (Å²) in [5.74, 6) is 1.11. The normalized spacial score (nSPS) is 21.6.